The number of allylic oxidation sites excluding steroid dienone is 5. The maximum absolute atomic E-state index is 13.9. The van der Waals surface area contributed by atoms with Gasteiger partial charge >= 0.3 is 0 Å². The average Bonchev–Trinajstić information content (AvgIpc) is 3.50. The monoisotopic (exact) mass is 459 g/mol. The number of nitrogens with one attached hydrogen (secondary N) is 1. The van der Waals surface area contributed by atoms with Crippen LogP contribution in [0.3, 0.4) is 0 Å². The Hall–Kier alpha value is -3.81. The lowest BCUT2D eigenvalue weighted by atomic mass is 9.91. The molecule has 1 unspecified atom stereocenters. The van der Waals surface area contributed by atoms with Gasteiger partial charge in [0.25, 0.3) is 5.91 Å². The number of hydrogen-bond acceptors (Lipinski definition) is 5. The first kappa shape index (κ1) is 20.8. The molecule has 4 heterocycles. The predicted octanol–water partition coefficient (Wildman–Crippen LogP) is 4.13. The maximum Gasteiger partial charge on any atom is 0.254 e. The van der Waals surface area contributed by atoms with Crippen LogP contribution in [0.2, 0.25) is 0 Å². The van der Waals surface area contributed by atoms with E-state index in [4.69, 9.17) is 4.74 Å². The van der Waals surface area contributed by atoms with Gasteiger partial charge in [0.15, 0.2) is 0 Å². The minimum atomic E-state index is -0.252. The smallest absolute Gasteiger partial charge is 0.254 e. The number of piperazine rings is 1. The number of rotatable bonds is 3. The van der Waals surface area contributed by atoms with E-state index in [0.29, 0.717) is 26.2 Å². The van der Waals surface area contributed by atoms with Crippen LogP contribution in [0.5, 0.6) is 0 Å². The molecule has 4 aliphatic rings. The number of anilines is 2. The molecule has 1 aromatic heterocycles. The van der Waals surface area contributed by atoms with Crippen LogP contribution in [0.25, 0.3) is 0 Å². The molecule has 0 bridgehead atoms. The molecule has 7 nitrogen and oxygen atoms in total. The van der Waals surface area contributed by atoms with Crippen molar-refractivity contribution in [3.05, 3.63) is 88.9 Å². The summed E-state index contributed by atoms with van der Waals surface area (Å²) in [7, 11) is 0. The van der Waals surface area contributed by atoms with Gasteiger partial charge in [-0.1, -0.05) is 0 Å². The molecule has 1 aromatic carbocycles. The Kier molecular flexibility index (Phi) is 5.01. The summed E-state index contributed by atoms with van der Waals surface area (Å²) in [6.45, 7) is 4.60. The van der Waals surface area contributed by atoms with Crippen LogP contribution < -0.4 is 10.2 Å². The highest BCUT2D eigenvalue weighted by Gasteiger charge is 2.39. The molecule has 2 aromatic rings. The van der Waals surface area contributed by atoms with Crippen LogP contribution in [0.15, 0.2) is 83.1 Å². The summed E-state index contributed by atoms with van der Waals surface area (Å²) in [5.41, 5.74) is 6.11. The molecule has 1 fully saturated rings. The number of fused-ring (bicyclic) bond motifs is 2. The molecule has 0 spiro atoms. The first-order valence-electron chi connectivity index (χ1n) is 11.7. The summed E-state index contributed by atoms with van der Waals surface area (Å²) in [6, 6.07) is 8.23. The zero-order valence-corrected chi connectivity index (χ0v) is 19.0. The maximum atomic E-state index is 13.9. The van der Waals surface area contributed by atoms with Crippen molar-refractivity contribution in [3.8, 4) is 0 Å². The van der Waals surface area contributed by atoms with Gasteiger partial charge in [0.05, 0.1) is 24.3 Å². The molecular weight excluding hydrogens is 433 g/mol. The standard InChI is InChI=1S/C26H26FN5O2/c1-17-24(26(33)31-13-11-30(12-14-31)20-5-3-19(27)4-6-20)25(32-23(29-17)8-10-28-32)22-7-2-18-16-34-15-9-21(18)22/h3-6,8-10,15-16,25,29H,2,7,11-14H2,1H3. The van der Waals surface area contributed by atoms with Crippen molar-refractivity contribution in [1.82, 2.24) is 14.7 Å². The zero-order chi connectivity index (χ0) is 23.2. The molecule has 1 amide bonds. The highest BCUT2D eigenvalue weighted by atomic mass is 19.1. The van der Waals surface area contributed by atoms with E-state index in [1.54, 1.807) is 30.9 Å². The topological polar surface area (TPSA) is 62.6 Å². The lowest BCUT2D eigenvalue weighted by molar-refractivity contribution is -0.128. The fourth-order valence-corrected chi connectivity index (χ4v) is 5.39. The Balaban J connectivity index is 1.29. The Labute approximate surface area is 197 Å². The summed E-state index contributed by atoms with van der Waals surface area (Å²) >= 11 is 0. The van der Waals surface area contributed by atoms with Crippen LogP contribution in [0.4, 0.5) is 15.9 Å². The molecule has 6 rings (SSSR count). The van der Waals surface area contributed by atoms with Crippen molar-refractivity contribution >= 4 is 17.4 Å². The van der Waals surface area contributed by atoms with Crippen LogP contribution in [-0.4, -0.2) is 46.8 Å². The summed E-state index contributed by atoms with van der Waals surface area (Å²) < 4.78 is 20.6. The van der Waals surface area contributed by atoms with E-state index in [1.165, 1.54) is 23.3 Å². The molecule has 1 saturated heterocycles. The first-order chi connectivity index (χ1) is 16.6. The van der Waals surface area contributed by atoms with Crippen LogP contribution in [0.1, 0.15) is 25.8 Å². The summed E-state index contributed by atoms with van der Waals surface area (Å²) in [4.78, 5) is 18.1. The van der Waals surface area contributed by atoms with Crippen molar-refractivity contribution in [2.75, 3.05) is 36.4 Å². The Morgan fingerprint density at radius 3 is 2.71 bits per heavy atom. The number of nitrogens with zero attached hydrogens (tertiary/aromatic N) is 4. The van der Waals surface area contributed by atoms with Gasteiger partial charge in [0.2, 0.25) is 0 Å². The number of carbonyl (C=O) groups is 1. The fourth-order valence-electron chi connectivity index (χ4n) is 5.39. The Morgan fingerprint density at radius 2 is 1.91 bits per heavy atom. The highest BCUT2D eigenvalue weighted by Crippen LogP contribution is 2.46. The molecule has 8 heteroatoms. The molecular formula is C26H26FN5O2. The van der Waals surface area contributed by atoms with Crippen LogP contribution in [-0.2, 0) is 9.53 Å². The third kappa shape index (κ3) is 3.41. The van der Waals surface area contributed by atoms with Crippen molar-refractivity contribution < 1.29 is 13.9 Å². The lowest BCUT2D eigenvalue weighted by Gasteiger charge is -2.39. The van der Waals surface area contributed by atoms with Crippen molar-refractivity contribution in [2.45, 2.75) is 25.8 Å². The van der Waals surface area contributed by atoms with Gasteiger partial charge in [-0.05, 0) is 66.8 Å². The van der Waals surface area contributed by atoms with Gasteiger partial charge in [-0.3, -0.25) is 4.79 Å². The lowest BCUT2D eigenvalue weighted by Crippen LogP contribution is -2.50. The fraction of sp³-hybridized carbons (Fsp3) is 0.308. The quantitative estimate of drug-likeness (QED) is 0.748. The Morgan fingerprint density at radius 1 is 1.12 bits per heavy atom. The van der Waals surface area contributed by atoms with Crippen molar-refractivity contribution in [3.63, 3.8) is 0 Å². The van der Waals surface area contributed by atoms with Gasteiger partial charge in [-0.15, -0.1) is 0 Å². The van der Waals surface area contributed by atoms with Gasteiger partial charge < -0.3 is 19.9 Å². The largest absolute Gasteiger partial charge is 0.472 e. The molecule has 3 aliphatic heterocycles. The molecule has 0 radical (unpaired) electrons. The van der Waals surface area contributed by atoms with E-state index >= 15 is 0 Å². The summed E-state index contributed by atoms with van der Waals surface area (Å²) in [6.07, 6.45) is 9.03. The van der Waals surface area contributed by atoms with E-state index in [9.17, 15) is 9.18 Å². The van der Waals surface area contributed by atoms with Gasteiger partial charge in [-0.25, -0.2) is 9.07 Å². The molecule has 1 N–H and O–H groups in total. The molecule has 1 atom stereocenters. The number of halogens is 1. The van der Waals surface area contributed by atoms with Crippen LogP contribution in [0, 0.1) is 5.82 Å². The number of carbonyl (C=O) groups excluding carboxylic acids is 1. The number of hydrogen-bond donors (Lipinski definition) is 1. The third-order valence-corrected chi connectivity index (χ3v) is 7.11. The van der Waals surface area contributed by atoms with E-state index in [0.717, 1.165) is 41.2 Å². The SMILES string of the molecule is CC1=C(C(=O)N2CCN(c3ccc(F)cc3)CC2)C(C2=C3C=COC=C3CC2)n2nccc2N1. The second-order valence-corrected chi connectivity index (χ2v) is 9.00. The molecule has 34 heavy (non-hydrogen) atoms. The minimum absolute atomic E-state index is 0.0384. The van der Waals surface area contributed by atoms with Crippen molar-refractivity contribution in [2.24, 2.45) is 0 Å². The minimum Gasteiger partial charge on any atom is -0.472 e. The predicted molar refractivity (Wildman–Crippen MR) is 127 cm³/mol. The zero-order valence-electron chi connectivity index (χ0n) is 19.0. The normalized spacial score (nSPS) is 21.7. The third-order valence-electron chi connectivity index (χ3n) is 7.11. The number of ether oxygens (including phenoxy) is 1. The highest BCUT2D eigenvalue weighted by molar-refractivity contribution is 5.97. The van der Waals surface area contributed by atoms with E-state index < -0.39 is 0 Å². The molecule has 174 valence electrons. The summed E-state index contributed by atoms with van der Waals surface area (Å²) in [5.74, 6) is 0.687. The van der Waals surface area contributed by atoms with E-state index in [2.05, 4.69) is 15.3 Å². The number of amides is 1. The average molecular weight is 460 g/mol. The van der Waals surface area contributed by atoms with E-state index in [1.807, 2.05) is 28.6 Å². The second kappa shape index (κ2) is 8.20. The van der Waals surface area contributed by atoms with Crippen LogP contribution >= 0.6 is 0 Å². The molecule has 0 saturated carbocycles. The van der Waals surface area contributed by atoms with Gasteiger partial charge in [-0.2, -0.15) is 5.10 Å². The number of benzene rings is 1. The van der Waals surface area contributed by atoms with Crippen molar-refractivity contribution in [1.29, 1.82) is 0 Å². The van der Waals surface area contributed by atoms with Gasteiger partial charge in [0, 0.05) is 43.6 Å². The Bertz CT molecular complexity index is 1260. The van der Waals surface area contributed by atoms with E-state index in [-0.39, 0.29) is 17.8 Å². The first-order valence-corrected chi connectivity index (χ1v) is 11.7. The number of aromatic nitrogens is 2. The molecule has 1 aliphatic carbocycles. The second-order valence-electron chi connectivity index (χ2n) is 9.00. The summed E-state index contributed by atoms with van der Waals surface area (Å²) in [5, 5.41) is 7.97. The van der Waals surface area contributed by atoms with Gasteiger partial charge in [0.1, 0.15) is 17.7 Å².